The molecule has 2 rings (SSSR count). The van der Waals surface area contributed by atoms with Crippen molar-refractivity contribution in [2.45, 2.75) is 33.1 Å². The number of rotatable bonds is 7. The molecule has 0 aliphatic heterocycles. The Labute approximate surface area is 160 Å². The van der Waals surface area contributed by atoms with Crippen molar-refractivity contribution in [3.8, 4) is 11.5 Å². The van der Waals surface area contributed by atoms with Crippen LogP contribution in [-0.2, 0) is 9.59 Å². The molecule has 0 aliphatic carbocycles. The van der Waals surface area contributed by atoms with Crippen LogP contribution >= 0.6 is 0 Å². The molecule has 0 atom stereocenters. The summed E-state index contributed by atoms with van der Waals surface area (Å²) in [7, 11) is 0. The highest BCUT2D eigenvalue weighted by Gasteiger charge is 2.16. The SMILES string of the molecule is C=CC(=O)Oc1ccc(C(CC)c2ccc(OC(=O)C=C)c(C)c2)cc1C. The Balaban J connectivity index is 2.31. The third-order valence-electron chi connectivity index (χ3n) is 4.37. The second-order valence-electron chi connectivity index (χ2n) is 6.26. The summed E-state index contributed by atoms with van der Waals surface area (Å²) in [6.45, 7) is 12.8. The molecular formula is C23H24O4. The molecule has 0 spiro atoms. The van der Waals surface area contributed by atoms with E-state index in [9.17, 15) is 9.59 Å². The molecule has 0 aliphatic rings. The van der Waals surface area contributed by atoms with Crippen LogP contribution in [0.3, 0.4) is 0 Å². The molecule has 0 bridgehead atoms. The van der Waals surface area contributed by atoms with Crippen molar-refractivity contribution in [3.63, 3.8) is 0 Å². The lowest BCUT2D eigenvalue weighted by Crippen LogP contribution is -2.07. The van der Waals surface area contributed by atoms with Gasteiger partial charge in [0.25, 0.3) is 0 Å². The lowest BCUT2D eigenvalue weighted by molar-refractivity contribution is -0.129. The van der Waals surface area contributed by atoms with Crippen molar-refractivity contribution in [3.05, 3.63) is 84.0 Å². The fourth-order valence-corrected chi connectivity index (χ4v) is 2.97. The highest BCUT2D eigenvalue weighted by atomic mass is 16.5. The maximum absolute atomic E-state index is 11.4. The quantitative estimate of drug-likeness (QED) is 0.393. The number of hydrogen-bond acceptors (Lipinski definition) is 4. The number of carbonyl (C=O) groups is 2. The minimum Gasteiger partial charge on any atom is -0.423 e. The second kappa shape index (κ2) is 8.99. The summed E-state index contributed by atoms with van der Waals surface area (Å²) in [5.74, 6) is 0.287. The van der Waals surface area contributed by atoms with Gasteiger partial charge in [-0.25, -0.2) is 9.59 Å². The average Bonchev–Trinajstić information content (AvgIpc) is 2.66. The van der Waals surface area contributed by atoms with Gasteiger partial charge in [-0.05, 0) is 54.7 Å². The predicted octanol–water partition coefficient (Wildman–Crippen LogP) is 5.03. The number of aryl methyl sites for hydroxylation is 2. The molecule has 4 nitrogen and oxygen atoms in total. The first kappa shape index (κ1) is 20.2. The van der Waals surface area contributed by atoms with E-state index < -0.39 is 11.9 Å². The van der Waals surface area contributed by atoms with Gasteiger partial charge in [0.05, 0.1) is 0 Å². The number of benzene rings is 2. The van der Waals surface area contributed by atoms with Gasteiger partial charge in [0, 0.05) is 18.1 Å². The highest BCUT2D eigenvalue weighted by molar-refractivity contribution is 5.84. The minimum absolute atomic E-state index is 0.177. The first-order valence-electron chi connectivity index (χ1n) is 8.79. The fraction of sp³-hybridized carbons (Fsp3) is 0.217. The molecule has 0 N–H and O–H groups in total. The van der Waals surface area contributed by atoms with Gasteiger partial charge < -0.3 is 9.47 Å². The first-order valence-corrected chi connectivity index (χ1v) is 8.79. The van der Waals surface area contributed by atoms with E-state index in [2.05, 4.69) is 20.1 Å². The maximum atomic E-state index is 11.4. The van der Waals surface area contributed by atoms with Gasteiger partial charge in [0.2, 0.25) is 0 Å². The van der Waals surface area contributed by atoms with E-state index in [4.69, 9.17) is 9.47 Å². The Bertz CT molecular complexity index is 808. The van der Waals surface area contributed by atoms with Gasteiger partial charge >= 0.3 is 11.9 Å². The summed E-state index contributed by atoms with van der Waals surface area (Å²) in [4.78, 5) is 22.8. The number of hydrogen-bond donors (Lipinski definition) is 0. The molecule has 0 aromatic heterocycles. The van der Waals surface area contributed by atoms with E-state index in [-0.39, 0.29) is 5.92 Å². The van der Waals surface area contributed by atoms with Crippen LogP contribution in [0.1, 0.15) is 41.5 Å². The normalized spacial score (nSPS) is 10.4. The Morgan fingerprint density at radius 1 is 0.889 bits per heavy atom. The summed E-state index contributed by atoms with van der Waals surface area (Å²) in [5, 5.41) is 0. The lowest BCUT2D eigenvalue weighted by Gasteiger charge is -2.19. The highest BCUT2D eigenvalue weighted by Crippen LogP contribution is 2.33. The molecule has 0 radical (unpaired) electrons. The second-order valence-corrected chi connectivity index (χ2v) is 6.26. The van der Waals surface area contributed by atoms with E-state index in [0.29, 0.717) is 11.5 Å². The van der Waals surface area contributed by atoms with E-state index in [1.54, 1.807) is 0 Å². The standard InChI is InChI=1S/C23H24O4/c1-6-19(17-9-11-20(15(4)13-17)26-22(24)7-2)18-10-12-21(16(5)14-18)27-23(25)8-3/h7-14,19H,2-3,6H2,1,4-5H3. The Morgan fingerprint density at radius 3 is 1.59 bits per heavy atom. The Hall–Kier alpha value is -3.14. The first-order chi connectivity index (χ1) is 12.9. The topological polar surface area (TPSA) is 52.6 Å². The monoisotopic (exact) mass is 364 g/mol. The molecular weight excluding hydrogens is 340 g/mol. The van der Waals surface area contributed by atoms with Crippen molar-refractivity contribution in [1.29, 1.82) is 0 Å². The molecule has 4 heteroatoms. The van der Waals surface area contributed by atoms with Gasteiger partial charge in [-0.3, -0.25) is 0 Å². The van der Waals surface area contributed by atoms with E-state index in [1.165, 1.54) is 0 Å². The van der Waals surface area contributed by atoms with Crippen molar-refractivity contribution in [1.82, 2.24) is 0 Å². The van der Waals surface area contributed by atoms with Gasteiger partial charge in [-0.2, -0.15) is 0 Å². The van der Waals surface area contributed by atoms with Crippen molar-refractivity contribution >= 4 is 11.9 Å². The van der Waals surface area contributed by atoms with Crippen LogP contribution in [0.5, 0.6) is 11.5 Å². The van der Waals surface area contributed by atoms with E-state index >= 15 is 0 Å². The van der Waals surface area contributed by atoms with Crippen LogP contribution < -0.4 is 9.47 Å². The molecule has 0 unspecified atom stereocenters. The number of carbonyl (C=O) groups excluding carboxylic acids is 2. The summed E-state index contributed by atoms with van der Waals surface area (Å²) in [5.41, 5.74) is 4.02. The predicted molar refractivity (Wildman–Crippen MR) is 106 cm³/mol. The van der Waals surface area contributed by atoms with Crippen LogP contribution in [-0.4, -0.2) is 11.9 Å². The molecule has 0 saturated heterocycles. The van der Waals surface area contributed by atoms with Crippen LogP contribution in [0.4, 0.5) is 0 Å². The summed E-state index contributed by atoms with van der Waals surface area (Å²) in [6, 6.07) is 11.6. The van der Waals surface area contributed by atoms with E-state index in [0.717, 1.165) is 40.8 Å². The van der Waals surface area contributed by atoms with Gasteiger partial charge in [0.15, 0.2) is 0 Å². The van der Waals surface area contributed by atoms with E-state index in [1.807, 2.05) is 50.2 Å². The Morgan fingerprint density at radius 2 is 1.30 bits per heavy atom. The molecule has 0 amide bonds. The zero-order chi connectivity index (χ0) is 20.0. The molecule has 27 heavy (non-hydrogen) atoms. The third kappa shape index (κ3) is 4.94. The van der Waals surface area contributed by atoms with Crippen LogP contribution in [0.25, 0.3) is 0 Å². The zero-order valence-electron chi connectivity index (χ0n) is 16.0. The zero-order valence-corrected chi connectivity index (χ0v) is 16.0. The van der Waals surface area contributed by atoms with Crippen LogP contribution in [0.15, 0.2) is 61.7 Å². The van der Waals surface area contributed by atoms with Crippen molar-refractivity contribution < 1.29 is 19.1 Å². The Kier molecular flexibility index (Phi) is 6.72. The van der Waals surface area contributed by atoms with Crippen LogP contribution in [0, 0.1) is 13.8 Å². The van der Waals surface area contributed by atoms with Gasteiger partial charge in [-0.1, -0.05) is 44.3 Å². The third-order valence-corrected chi connectivity index (χ3v) is 4.37. The fourth-order valence-electron chi connectivity index (χ4n) is 2.97. The smallest absolute Gasteiger partial charge is 0.335 e. The summed E-state index contributed by atoms with van der Waals surface area (Å²) >= 11 is 0. The maximum Gasteiger partial charge on any atom is 0.335 e. The number of esters is 2. The molecule has 2 aromatic carbocycles. The molecule has 140 valence electrons. The van der Waals surface area contributed by atoms with Crippen molar-refractivity contribution in [2.75, 3.05) is 0 Å². The average molecular weight is 364 g/mol. The molecule has 2 aromatic rings. The number of ether oxygens (including phenoxy) is 2. The lowest BCUT2D eigenvalue weighted by atomic mass is 9.87. The molecule has 0 heterocycles. The van der Waals surface area contributed by atoms with Crippen LogP contribution in [0.2, 0.25) is 0 Å². The summed E-state index contributed by atoms with van der Waals surface area (Å²) < 4.78 is 10.5. The van der Waals surface area contributed by atoms with Gasteiger partial charge in [0.1, 0.15) is 11.5 Å². The molecule has 0 saturated carbocycles. The van der Waals surface area contributed by atoms with Crippen molar-refractivity contribution in [2.24, 2.45) is 0 Å². The molecule has 0 fully saturated rings. The largest absolute Gasteiger partial charge is 0.423 e. The minimum atomic E-state index is -0.474. The summed E-state index contributed by atoms with van der Waals surface area (Å²) in [6.07, 6.45) is 3.19. The van der Waals surface area contributed by atoms with Gasteiger partial charge in [-0.15, -0.1) is 0 Å².